The third-order valence-corrected chi connectivity index (χ3v) is 2.73. The summed E-state index contributed by atoms with van der Waals surface area (Å²) < 4.78 is 11.0. The maximum absolute atomic E-state index is 8.97. The van der Waals surface area contributed by atoms with Crippen molar-refractivity contribution in [3.05, 3.63) is 0 Å². The molecule has 0 unspecified atom stereocenters. The second-order valence-corrected chi connectivity index (χ2v) is 4.10. The minimum absolute atomic E-state index is 0.904. The second kappa shape index (κ2) is 10.4. The first-order valence-electron chi connectivity index (χ1n) is 5.41. The van der Waals surface area contributed by atoms with Gasteiger partial charge in [0.15, 0.2) is 0 Å². The molecule has 80 valence electrons. The molecule has 0 spiro atoms. The van der Waals surface area contributed by atoms with Gasteiger partial charge < -0.3 is 4.55 Å². The first-order valence-corrected chi connectivity index (χ1v) is 6.14. The van der Waals surface area contributed by atoms with E-state index in [0.29, 0.717) is 0 Å². The highest BCUT2D eigenvalue weighted by atomic mass is 32.2. The highest BCUT2D eigenvalue weighted by molar-refractivity contribution is 7.91. The summed E-state index contributed by atoms with van der Waals surface area (Å²) in [6.07, 6.45) is 7.44. The monoisotopic (exact) mass is 205 g/mol. The molecule has 0 aliphatic carbocycles. The van der Waals surface area contributed by atoms with Crippen molar-refractivity contribution in [3.63, 3.8) is 0 Å². The number of hydrogen-bond donors (Lipinski definition) is 1. The van der Waals surface area contributed by atoms with Gasteiger partial charge in [-0.3, -0.25) is 0 Å². The quantitative estimate of drug-likeness (QED) is 0.352. The van der Waals surface area contributed by atoms with Crippen molar-refractivity contribution in [1.82, 2.24) is 4.31 Å². The zero-order valence-corrected chi connectivity index (χ0v) is 9.78. The average Bonchev–Trinajstić information content (AvgIpc) is 2.16. The van der Waals surface area contributed by atoms with E-state index >= 15 is 0 Å². The van der Waals surface area contributed by atoms with Gasteiger partial charge >= 0.3 is 0 Å². The summed E-state index contributed by atoms with van der Waals surface area (Å²) in [6.45, 7) is 6.46. The van der Waals surface area contributed by atoms with Gasteiger partial charge in [0.2, 0.25) is 0 Å². The minimum atomic E-state index is 0.904. The lowest BCUT2D eigenvalue weighted by Crippen LogP contribution is -2.18. The molecule has 0 heterocycles. The third-order valence-electron chi connectivity index (χ3n) is 2.14. The fourth-order valence-electron chi connectivity index (χ4n) is 1.27. The molecule has 0 aromatic heterocycles. The Morgan fingerprint density at radius 1 is 0.923 bits per heavy atom. The summed E-state index contributed by atoms with van der Waals surface area (Å²) in [7, 11) is 0. The van der Waals surface area contributed by atoms with E-state index in [0.717, 1.165) is 25.3 Å². The van der Waals surface area contributed by atoms with Crippen LogP contribution in [-0.2, 0) is 0 Å². The van der Waals surface area contributed by atoms with E-state index in [1.165, 1.54) is 38.5 Å². The van der Waals surface area contributed by atoms with Gasteiger partial charge in [0.25, 0.3) is 0 Å². The average molecular weight is 205 g/mol. The molecule has 0 amide bonds. The smallest absolute Gasteiger partial charge is 0.0790 e. The maximum atomic E-state index is 8.97. The van der Waals surface area contributed by atoms with E-state index in [2.05, 4.69) is 18.2 Å². The van der Waals surface area contributed by atoms with Crippen LogP contribution < -0.4 is 0 Å². The SMILES string of the molecule is CCCCCN(CCCCC)SO. The van der Waals surface area contributed by atoms with Crippen molar-refractivity contribution >= 4 is 12.2 Å². The summed E-state index contributed by atoms with van der Waals surface area (Å²) >= 11 is 0.904. The number of rotatable bonds is 9. The molecule has 0 aromatic rings. The van der Waals surface area contributed by atoms with Crippen molar-refractivity contribution in [3.8, 4) is 0 Å². The lowest BCUT2D eigenvalue weighted by Gasteiger charge is -2.16. The molecular formula is C10H23NOS. The van der Waals surface area contributed by atoms with Gasteiger partial charge in [-0.25, -0.2) is 4.31 Å². The largest absolute Gasteiger partial charge is 0.317 e. The van der Waals surface area contributed by atoms with Gasteiger partial charge in [-0.15, -0.1) is 0 Å². The van der Waals surface area contributed by atoms with Crippen LogP contribution in [0.1, 0.15) is 52.4 Å². The molecule has 0 radical (unpaired) electrons. The van der Waals surface area contributed by atoms with Crippen LogP contribution in [0.25, 0.3) is 0 Å². The Kier molecular flexibility index (Phi) is 10.6. The van der Waals surface area contributed by atoms with Gasteiger partial charge in [-0.05, 0) is 12.8 Å². The molecular weight excluding hydrogens is 182 g/mol. The van der Waals surface area contributed by atoms with Crippen molar-refractivity contribution in [2.24, 2.45) is 0 Å². The Morgan fingerprint density at radius 3 is 1.69 bits per heavy atom. The Hall–Kier alpha value is 0.270. The molecule has 0 saturated heterocycles. The fourth-order valence-corrected chi connectivity index (χ4v) is 1.69. The lowest BCUT2D eigenvalue weighted by molar-refractivity contribution is 0.410. The first-order chi connectivity index (χ1) is 6.35. The molecule has 0 fully saturated rings. The zero-order valence-electron chi connectivity index (χ0n) is 8.96. The first kappa shape index (κ1) is 13.3. The van der Waals surface area contributed by atoms with Crippen molar-refractivity contribution in [2.75, 3.05) is 13.1 Å². The van der Waals surface area contributed by atoms with Crippen LogP contribution in [0.4, 0.5) is 0 Å². The summed E-state index contributed by atoms with van der Waals surface area (Å²) in [5, 5.41) is 0. The molecule has 0 bridgehead atoms. The van der Waals surface area contributed by atoms with Crippen LogP contribution >= 0.6 is 12.2 Å². The van der Waals surface area contributed by atoms with Crippen LogP contribution in [0.2, 0.25) is 0 Å². The number of unbranched alkanes of at least 4 members (excludes halogenated alkanes) is 4. The predicted molar refractivity (Wildman–Crippen MR) is 60.8 cm³/mol. The van der Waals surface area contributed by atoms with E-state index in [-0.39, 0.29) is 0 Å². The molecule has 13 heavy (non-hydrogen) atoms. The van der Waals surface area contributed by atoms with E-state index in [1.807, 2.05) is 0 Å². The Balaban J connectivity index is 3.28. The van der Waals surface area contributed by atoms with Gasteiger partial charge in [0.1, 0.15) is 0 Å². The van der Waals surface area contributed by atoms with Crippen LogP contribution in [0.3, 0.4) is 0 Å². The number of nitrogens with zero attached hydrogens (tertiary/aromatic N) is 1. The van der Waals surface area contributed by atoms with Gasteiger partial charge in [-0.1, -0.05) is 39.5 Å². The van der Waals surface area contributed by atoms with Crippen molar-refractivity contribution in [2.45, 2.75) is 52.4 Å². The molecule has 0 atom stereocenters. The minimum Gasteiger partial charge on any atom is -0.317 e. The normalized spacial score (nSPS) is 11.1. The molecule has 0 aromatic carbocycles. The standard InChI is InChI=1S/C10H23NOS/c1-3-5-7-9-11(13-12)10-8-6-4-2/h12H,3-10H2,1-2H3. The highest BCUT2D eigenvalue weighted by Gasteiger charge is 2.02. The van der Waals surface area contributed by atoms with Gasteiger partial charge in [0, 0.05) is 13.1 Å². The second-order valence-electron chi connectivity index (χ2n) is 3.42. The Morgan fingerprint density at radius 2 is 1.38 bits per heavy atom. The van der Waals surface area contributed by atoms with Gasteiger partial charge in [-0.2, -0.15) is 0 Å². The Labute approximate surface area is 87.0 Å². The molecule has 0 aliphatic rings. The number of hydrogen-bond acceptors (Lipinski definition) is 3. The zero-order chi connectivity index (χ0) is 9.94. The predicted octanol–water partition coefficient (Wildman–Crippen LogP) is 3.79. The van der Waals surface area contributed by atoms with E-state index in [4.69, 9.17) is 4.55 Å². The van der Waals surface area contributed by atoms with Crippen LogP contribution in [0.5, 0.6) is 0 Å². The third kappa shape index (κ3) is 8.60. The maximum Gasteiger partial charge on any atom is 0.0790 e. The van der Waals surface area contributed by atoms with Gasteiger partial charge in [0.05, 0.1) is 12.2 Å². The molecule has 0 aliphatic heterocycles. The van der Waals surface area contributed by atoms with E-state index < -0.39 is 0 Å². The summed E-state index contributed by atoms with van der Waals surface area (Å²) in [4.78, 5) is 0. The molecule has 1 N–H and O–H groups in total. The van der Waals surface area contributed by atoms with Crippen molar-refractivity contribution < 1.29 is 4.55 Å². The summed E-state index contributed by atoms with van der Waals surface area (Å²) in [5.41, 5.74) is 0. The summed E-state index contributed by atoms with van der Waals surface area (Å²) in [6, 6.07) is 0. The van der Waals surface area contributed by atoms with Crippen LogP contribution in [-0.4, -0.2) is 21.9 Å². The van der Waals surface area contributed by atoms with Crippen LogP contribution in [0.15, 0.2) is 0 Å². The topological polar surface area (TPSA) is 23.5 Å². The molecule has 3 heteroatoms. The van der Waals surface area contributed by atoms with Crippen LogP contribution in [0, 0.1) is 0 Å². The van der Waals surface area contributed by atoms with E-state index in [1.54, 1.807) is 0 Å². The molecule has 0 rings (SSSR count). The molecule has 0 saturated carbocycles. The highest BCUT2D eigenvalue weighted by Crippen LogP contribution is 2.09. The summed E-state index contributed by atoms with van der Waals surface area (Å²) in [5.74, 6) is 0. The van der Waals surface area contributed by atoms with Crippen molar-refractivity contribution in [1.29, 1.82) is 0 Å². The fraction of sp³-hybridized carbons (Fsp3) is 1.00. The molecule has 2 nitrogen and oxygen atoms in total. The van der Waals surface area contributed by atoms with E-state index in [9.17, 15) is 0 Å². The lowest BCUT2D eigenvalue weighted by atomic mass is 10.2. The Bertz CT molecular complexity index is 90.9.